The van der Waals surface area contributed by atoms with Crippen molar-refractivity contribution in [3.05, 3.63) is 70.5 Å². The van der Waals surface area contributed by atoms with Crippen molar-refractivity contribution in [2.45, 2.75) is 25.6 Å². The summed E-state index contributed by atoms with van der Waals surface area (Å²) in [7, 11) is 1.44. The van der Waals surface area contributed by atoms with Gasteiger partial charge in [0.05, 0.1) is 6.04 Å². The molecule has 0 spiro atoms. The molecule has 1 saturated heterocycles. The van der Waals surface area contributed by atoms with Gasteiger partial charge in [-0.2, -0.15) is 0 Å². The Kier molecular flexibility index (Phi) is 6.31. The lowest BCUT2D eigenvalue weighted by Gasteiger charge is -2.41. The van der Waals surface area contributed by atoms with Gasteiger partial charge in [0.25, 0.3) is 0 Å². The number of nitrogens with one attached hydrogen (secondary N) is 1. The van der Waals surface area contributed by atoms with Crippen LogP contribution < -0.4 is 5.32 Å². The summed E-state index contributed by atoms with van der Waals surface area (Å²) in [4.78, 5) is 27.4. The molecule has 3 rings (SSSR count). The summed E-state index contributed by atoms with van der Waals surface area (Å²) in [5.74, 6) is -2.51. The Morgan fingerprint density at radius 2 is 1.80 bits per heavy atom. The number of hydrogen-bond acceptors (Lipinski definition) is 3. The molecular weight excluding hydrogens is 399 g/mol. The minimum Gasteiger partial charge on any atom is -0.465 e. The lowest BCUT2D eigenvalue weighted by molar-refractivity contribution is -0.137. The topological polar surface area (TPSA) is 72.9 Å². The van der Waals surface area contributed by atoms with Gasteiger partial charge in [0.2, 0.25) is 5.91 Å². The number of aryl methyl sites for hydroxylation is 1. The van der Waals surface area contributed by atoms with Crippen LogP contribution in [0.4, 0.5) is 18.0 Å². The van der Waals surface area contributed by atoms with Crippen molar-refractivity contribution in [2.75, 3.05) is 20.1 Å². The summed E-state index contributed by atoms with van der Waals surface area (Å²) in [5.41, 5.74) is 1.42. The summed E-state index contributed by atoms with van der Waals surface area (Å²) in [6.45, 7) is 1.98. The van der Waals surface area contributed by atoms with Crippen LogP contribution in [0.5, 0.6) is 0 Å². The second-order valence-electron chi connectivity index (χ2n) is 7.33. The number of carbonyl (C=O) groups is 2. The highest BCUT2D eigenvalue weighted by Gasteiger charge is 2.42. The first-order valence-corrected chi connectivity index (χ1v) is 9.36. The minimum atomic E-state index is -1.26. The highest BCUT2D eigenvalue weighted by atomic mass is 19.1. The Morgan fingerprint density at radius 1 is 1.13 bits per heavy atom. The van der Waals surface area contributed by atoms with Gasteiger partial charge in [-0.05, 0) is 47.9 Å². The lowest BCUT2D eigenvalue weighted by Crippen LogP contribution is -2.60. The van der Waals surface area contributed by atoms with Gasteiger partial charge in [-0.1, -0.05) is 6.07 Å². The average Bonchev–Trinajstić information content (AvgIpc) is 2.66. The van der Waals surface area contributed by atoms with E-state index in [1.807, 2.05) is 0 Å². The van der Waals surface area contributed by atoms with E-state index in [2.05, 4.69) is 5.32 Å². The zero-order chi connectivity index (χ0) is 22.0. The number of piperazine rings is 1. The Hall–Kier alpha value is -3.07. The summed E-state index contributed by atoms with van der Waals surface area (Å²) in [6.07, 6.45) is -1.26. The predicted octanol–water partition coefficient (Wildman–Crippen LogP) is 3.06. The Balaban J connectivity index is 1.93. The monoisotopic (exact) mass is 421 g/mol. The maximum atomic E-state index is 13.5. The first-order chi connectivity index (χ1) is 14.2. The molecule has 160 valence electrons. The molecule has 1 fully saturated rings. The third-order valence-corrected chi connectivity index (χ3v) is 5.15. The van der Waals surface area contributed by atoms with Crippen molar-refractivity contribution in [1.29, 1.82) is 0 Å². The van der Waals surface area contributed by atoms with Crippen LogP contribution in [-0.2, 0) is 11.3 Å². The summed E-state index contributed by atoms with van der Waals surface area (Å²) >= 11 is 0. The lowest BCUT2D eigenvalue weighted by atomic mass is 9.91. The van der Waals surface area contributed by atoms with Crippen molar-refractivity contribution >= 4 is 12.0 Å². The molecular formula is C21H22F3N3O3. The summed E-state index contributed by atoms with van der Waals surface area (Å²) in [5, 5.41) is 12.8. The number of rotatable bonds is 4. The fourth-order valence-electron chi connectivity index (χ4n) is 3.81. The van der Waals surface area contributed by atoms with Crippen molar-refractivity contribution in [3.8, 4) is 0 Å². The summed E-state index contributed by atoms with van der Waals surface area (Å²) < 4.78 is 40.5. The number of nitrogens with zero attached hydrogens (tertiary/aromatic N) is 2. The molecule has 1 aliphatic heterocycles. The van der Waals surface area contributed by atoms with E-state index in [0.29, 0.717) is 17.7 Å². The van der Waals surface area contributed by atoms with Crippen molar-refractivity contribution < 1.29 is 27.9 Å². The average molecular weight is 421 g/mol. The number of hydrogen-bond donors (Lipinski definition) is 2. The largest absolute Gasteiger partial charge is 0.465 e. The Morgan fingerprint density at radius 3 is 2.40 bits per heavy atom. The van der Waals surface area contributed by atoms with Crippen LogP contribution >= 0.6 is 0 Å². The molecule has 0 saturated carbocycles. The number of carboxylic acid groups (broad SMARTS) is 1. The molecule has 0 radical (unpaired) electrons. The fourth-order valence-corrected chi connectivity index (χ4v) is 3.81. The molecule has 1 aliphatic rings. The van der Waals surface area contributed by atoms with E-state index in [1.165, 1.54) is 30.1 Å². The third kappa shape index (κ3) is 4.56. The number of carbonyl (C=O) groups excluding carboxylic acids is 1. The third-order valence-electron chi connectivity index (χ3n) is 5.15. The van der Waals surface area contributed by atoms with E-state index in [-0.39, 0.29) is 18.7 Å². The highest BCUT2D eigenvalue weighted by molar-refractivity contribution is 5.86. The van der Waals surface area contributed by atoms with E-state index < -0.39 is 41.5 Å². The van der Waals surface area contributed by atoms with Crippen LogP contribution in [-0.4, -0.2) is 53.1 Å². The van der Waals surface area contributed by atoms with Gasteiger partial charge in [0, 0.05) is 32.7 Å². The van der Waals surface area contributed by atoms with E-state index in [1.54, 1.807) is 6.92 Å². The van der Waals surface area contributed by atoms with Crippen molar-refractivity contribution in [1.82, 2.24) is 15.1 Å². The molecule has 1 unspecified atom stereocenters. The van der Waals surface area contributed by atoms with Gasteiger partial charge in [-0.15, -0.1) is 0 Å². The molecule has 2 amide bonds. The quantitative estimate of drug-likeness (QED) is 0.796. The zero-order valence-electron chi connectivity index (χ0n) is 16.5. The maximum absolute atomic E-state index is 13.5. The Labute approximate surface area is 171 Å². The van der Waals surface area contributed by atoms with Crippen LogP contribution in [0.15, 0.2) is 36.4 Å². The smallest absolute Gasteiger partial charge is 0.408 e. The number of likely N-dealkylation sites (N-methyl/N-ethyl adjacent to an activating group) is 1. The van der Waals surface area contributed by atoms with Gasteiger partial charge >= 0.3 is 6.09 Å². The molecule has 2 N–H and O–H groups in total. The normalized spacial score (nSPS) is 18.9. The second-order valence-corrected chi connectivity index (χ2v) is 7.33. The Bertz CT molecular complexity index is 950. The highest BCUT2D eigenvalue weighted by Crippen LogP contribution is 2.29. The molecule has 9 heteroatoms. The SMILES string of the molecule is Cc1cc(F)ccc1[C@@H]1NCCN(C(=O)O)C1C(=O)N(C)Cc1cc(F)cc(F)c1. The molecule has 0 aromatic heterocycles. The molecule has 1 heterocycles. The van der Waals surface area contributed by atoms with Crippen LogP contribution in [0.1, 0.15) is 22.7 Å². The fraction of sp³-hybridized carbons (Fsp3) is 0.333. The van der Waals surface area contributed by atoms with Gasteiger partial charge in [-0.3, -0.25) is 9.69 Å². The molecule has 2 aromatic rings. The summed E-state index contributed by atoms with van der Waals surface area (Å²) in [6, 6.07) is 5.23. The van der Waals surface area contributed by atoms with Gasteiger partial charge < -0.3 is 15.3 Å². The molecule has 2 atom stereocenters. The van der Waals surface area contributed by atoms with Crippen molar-refractivity contribution in [3.63, 3.8) is 0 Å². The van der Waals surface area contributed by atoms with E-state index in [9.17, 15) is 27.9 Å². The van der Waals surface area contributed by atoms with Gasteiger partial charge in [0.1, 0.15) is 23.5 Å². The van der Waals surface area contributed by atoms with Crippen LogP contribution in [0.25, 0.3) is 0 Å². The van der Waals surface area contributed by atoms with Crippen LogP contribution in [0, 0.1) is 24.4 Å². The van der Waals surface area contributed by atoms with Gasteiger partial charge in [-0.25, -0.2) is 18.0 Å². The predicted molar refractivity (Wildman–Crippen MR) is 103 cm³/mol. The van der Waals surface area contributed by atoms with Gasteiger partial charge in [0.15, 0.2) is 0 Å². The molecule has 0 bridgehead atoms. The zero-order valence-corrected chi connectivity index (χ0v) is 16.5. The second kappa shape index (κ2) is 8.74. The van der Waals surface area contributed by atoms with Crippen LogP contribution in [0.2, 0.25) is 0 Å². The van der Waals surface area contributed by atoms with E-state index in [0.717, 1.165) is 23.1 Å². The molecule has 2 aromatic carbocycles. The molecule has 0 aliphatic carbocycles. The first-order valence-electron chi connectivity index (χ1n) is 9.36. The van der Waals surface area contributed by atoms with Crippen LogP contribution in [0.3, 0.4) is 0 Å². The number of halogens is 3. The van der Waals surface area contributed by atoms with E-state index >= 15 is 0 Å². The molecule has 6 nitrogen and oxygen atoms in total. The molecule has 30 heavy (non-hydrogen) atoms. The van der Waals surface area contributed by atoms with E-state index in [4.69, 9.17) is 0 Å². The van der Waals surface area contributed by atoms with Crippen molar-refractivity contribution in [2.24, 2.45) is 0 Å². The number of amides is 2. The maximum Gasteiger partial charge on any atom is 0.408 e. The minimum absolute atomic E-state index is 0.0882. The number of benzene rings is 2. The first kappa shape index (κ1) is 21.6. The standard InChI is InChI=1S/C21H22F3N3O3/c1-12-7-14(22)3-4-17(12)18-19(27(21(29)30)6-5-25-18)20(28)26(2)11-13-8-15(23)10-16(24)9-13/h3-4,7-10,18-19,25H,5-6,11H2,1-2H3,(H,29,30)/t18-,19?/m0/s1.